The van der Waals surface area contributed by atoms with E-state index in [1.165, 1.54) is 17.8 Å². The first-order valence-corrected chi connectivity index (χ1v) is 6.21. The molecule has 0 saturated carbocycles. The SMILES string of the molecule is Oc1ccc(Sc2ccc(Br)cc2)c(O)c1. The Balaban J connectivity index is 2.23. The number of benzene rings is 2. The predicted molar refractivity (Wildman–Crippen MR) is 68.0 cm³/mol. The molecular weight excluding hydrogens is 288 g/mol. The van der Waals surface area contributed by atoms with Gasteiger partial charge < -0.3 is 10.2 Å². The molecule has 0 aliphatic rings. The minimum atomic E-state index is 0.0673. The van der Waals surface area contributed by atoms with E-state index >= 15 is 0 Å². The molecule has 0 saturated heterocycles. The van der Waals surface area contributed by atoms with E-state index in [0.29, 0.717) is 0 Å². The highest BCUT2D eigenvalue weighted by molar-refractivity contribution is 9.10. The maximum atomic E-state index is 9.62. The molecular formula is C12H9BrO2S. The molecule has 2 nitrogen and oxygen atoms in total. The van der Waals surface area contributed by atoms with Crippen molar-refractivity contribution in [3.63, 3.8) is 0 Å². The third-order valence-electron chi connectivity index (χ3n) is 1.98. The van der Waals surface area contributed by atoms with E-state index in [-0.39, 0.29) is 11.5 Å². The van der Waals surface area contributed by atoms with E-state index in [9.17, 15) is 5.11 Å². The monoisotopic (exact) mass is 296 g/mol. The molecule has 0 radical (unpaired) electrons. The van der Waals surface area contributed by atoms with Gasteiger partial charge in [0.2, 0.25) is 0 Å². The van der Waals surface area contributed by atoms with Crippen LogP contribution in [0.5, 0.6) is 11.5 Å². The number of phenolic OH excluding ortho intramolecular Hbond substituents is 2. The fourth-order valence-electron chi connectivity index (χ4n) is 1.22. The third kappa shape index (κ3) is 2.71. The van der Waals surface area contributed by atoms with Crippen LogP contribution in [0, 0.1) is 0 Å². The second-order valence-electron chi connectivity index (χ2n) is 3.21. The van der Waals surface area contributed by atoms with E-state index in [0.717, 1.165) is 14.3 Å². The summed E-state index contributed by atoms with van der Waals surface area (Å²) in [7, 11) is 0. The van der Waals surface area contributed by atoms with E-state index in [2.05, 4.69) is 15.9 Å². The quantitative estimate of drug-likeness (QED) is 0.880. The summed E-state index contributed by atoms with van der Waals surface area (Å²) in [6.07, 6.45) is 0. The zero-order chi connectivity index (χ0) is 11.5. The molecule has 0 atom stereocenters. The molecule has 16 heavy (non-hydrogen) atoms. The third-order valence-corrected chi connectivity index (χ3v) is 3.59. The molecule has 0 aromatic heterocycles. The summed E-state index contributed by atoms with van der Waals surface area (Å²) in [4.78, 5) is 1.75. The van der Waals surface area contributed by atoms with Crippen molar-refractivity contribution in [1.29, 1.82) is 0 Å². The number of aromatic hydroxyl groups is 2. The van der Waals surface area contributed by atoms with Crippen molar-refractivity contribution in [2.24, 2.45) is 0 Å². The average Bonchev–Trinajstić information content (AvgIpc) is 2.25. The second-order valence-corrected chi connectivity index (χ2v) is 5.24. The van der Waals surface area contributed by atoms with Crippen LogP contribution in [0.4, 0.5) is 0 Å². The van der Waals surface area contributed by atoms with Gasteiger partial charge in [0.05, 0.1) is 4.90 Å². The maximum Gasteiger partial charge on any atom is 0.133 e. The Morgan fingerprint density at radius 3 is 2.25 bits per heavy atom. The summed E-state index contributed by atoms with van der Waals surface area (Å²) in [6, 6.07) is 12.4. The summed E-state index contributed by atoms with van der Waals surface area (Å²) in [5.74, 6) is 0.158. The van der Waals surface area contributed by atoms with Gasteiger partial charge in [0.25, 0.3) is 0 Å². The minimum Gasteiger partial charge on any atom is -0.508 e. The summed E-state index contributed by atoms with van der Waals surface area (Å²) in [5, 5.41) is 18.8. The van der Waals surface area contributed by atoms with Crippen LogP contribution in [-0.4, -0.2) is 10.2 Å². The molecule has 0 spiro atoms. The molecule has 4 heteroatoms. The number of phenols is 2. The molecule has 0 heterocycles. The van der Waals surface area contributed by atoms with Crippen molar-refractivity contribution in [2.75, 3.05) is 0 Å². The Labute approximate surface area is 106 Å². The number of hydrogen-bond acceptors (Lipinski definition) is 3. The molecule has 2 rings (SSSR count). The Bertz CT molecular complexity index is 497. The van der Waals surface area contributed by atoms with Crippen LogP contribution < -0.4 is 0 Å². The normalized spacial score (nSPS) is 10.3. The molecule has 0 amide bonds. The second kappa shape index (κ2) is 4.80. The molecule has 2 N–H and O–H groups in total. The first-order chi connectivity index (χ1) is 7.65. The zero-order valence-corrected chi connectivity index (χ0v) is 10.6. The van der Waals surface area contributed by atoms with Crippen molar-refractivity contribution in [1.82, 2.24) is 0 Å². The van der Waals surface area contributed by atoms with E-state index in [4.69, 9.17) is 5.11 Å². The van der Waals surface area contributed by atoms with Crippen LogP contribution >= 0.6 is 27.7 Å². The lowest BCUT2D eigenvalue weighted by atomic mass is 10.3. The minimum absolute atomic E-state index is 0.0673. The van der Waals surface area contributed by atoms with Gasteiger partial charge in [-0.25, -0.2) is 0 Å². The van der Waals surface area contributed by atoms with Gasteiger partial charge in [0.15, 0.2) is 0 Å². The summed E-state index contributed by atoms with van der Waals surface area (Å²) >= 11 is 4.81. The van der Waals surface area contributed by atoms with Crippen LogP contribution in [0.2, 0.25) is 0 Å². The van der Waals surface area contributed by atoms with Crippen molar-refractivity contribution in [3.8, 4) is 11.5 Å². The summed E-state index contributed by atoms with van der Waals surface area (Å²) in [5.41, 5.74) is 0. The Morgan fingerprint density at radius 1 is 0.938 bits per heavy atom. The van der Waals surface area contributed by atoms with Crippen molar-refractivity contribution in [2.45, 2.75) is 9.79 Å². The standard InChI is InChI=1S/C12H9BrO2S/c13-8-1-4-10(5-2-8)16-12-6-3-9(14)7-11(12)15/h1-7,14-15H. The molecule has 2 aromatic rings. The van der Waals surface area contributed by atoms with E-state index < -0.39 is 0 Å². The van der Waals surface area contributed by atoms with Crippen LogP contribution in [0.1, 0.15) is 0 Å². The van der Waals surface area contributed by atoms with Gasteiger partial charge in [0.1, 0.15) is 11.5 Å². The lowest BCUT2D eigenvalue weighted by molar-refractivity contribution is 0.442. The highest BCUT2D eigenvalue weighted by atomic mass is 79.9. The van der Waals surface area contributed by atoms with Crippen LogP contribution in [0.15, 0.2) is 56.7 Å². The predicted octanol–water partition coefficient (Wildman–Crippen LogP) is 4.01. The highest BCUT2D eigenvalue weighted by Gasteiger charge is 2.04. The maximum absolute atomic E-state index is 9.62. The van der Waals surface area contributed by atoms with Gasteiger partial charge >= 0.3 is 0 Å². The number of halogens is 1. The smallest absolute Gasteiger partial charge is 0.133 e. The Morgan fingerprint density at radius 2 is 1.62 bits per heavy atom. The van der Waals surface area contributed by atoms with Gasteiger partial charge in [0, 0.05) is 15.4 Å². The van der Waals surface area contributed by atoms with E-state index in [1.807, 2.05) is 24.3 Å². The van der Waals surface area contributed by atoms with Gasteiger partial charge in [-0.3, -0.25) is 0 Å². The summed E-state index contributed by atoms with van der Waals surface area (Å²) in [6.45, 7) is 0. The number of rotatable bonds is 2. The average molecular weight is 297 g/mol. The number of hydrogen-bond donors (Lipinski definition) is 2. The van der Waals surface area contributed by atoms with Crippen molar-refractivity contribution >= 4 is 27.7 Å². The fourth-order valence-corrected chi connectivity index (χ4v) is 2.31. The molecule has 0 aliphatic heterocycles. The molecule has 0 bridgehead atoms. The highest BCUT2D eigenvalue weighted by Crippen LogP contribution is 2.36. The van der Waals surface area contributed by atoms with Crippen LogP contribution in [0.3, 0.4) is 0 Å². The lowest BCUT2D eigenvalue weighted by Gasteiger charge is -2.04. The van der Waals surface area contributed by atoms with Crippen molar-refractivity contribution in [3.05, 3.63) is 46.9 Å². The zero-order valence-electron chi connectivity index (χ0n) is 8.22. The Hall–Kier alpha value is -1.13. The van der Waals surface area contributed by atoms with Crippen LogP contribution in [-0.2, 0) is 0 Å². The van der Waals surface area contributed by atoms with Gasteiger partial charge in [-0.1, -0.05) is 27.7 Å². The topological polar surface area (TPSA) is 40.5 Å². The first-order valence-electron chi connectivity index (χ1n) is 4.60. The van der Waals surface area contributed by atoms with Gasteiger partial charge in [-0.15, -0.1) is 0 Å². The van der Waals surface area contributed by atoms with Gasteiger partial charge in [-0.05, 0) is 36.4 Å². The largest absolute Gasteiger partial charge is 0.508 e. The molecule has 0 unspecified atom stereocenters. The lowest BCUT2D eigenvalue weighted by Crippen LogP contribution is -1.75. The fraction of sp³-hybridized carbons (Fsp3) is 0. The molecule has 82 valence electrons. The molecule has 2 aromatic carbocycles. The summed E-state index contributed by atoms with van der Waals surface area (Å²) < 4.78 is 1.02. The van der Waals surface area contributed by atoms with Crippen LogP contribution in [0.25, 0.3) is 0 Å². The first kappa shape index (κ1) is 11.4. The Kier molecular flexibility index (Phi) is 3.41. The van der Waals surface area contributed by atoms with Gasteiger partial charge in [-0.2, -0.15) is 0 Å². The van der Waals surface area contributed by atoms with E-state index in [1.54, 1.807) is 12.1 Å². The van der Waals surface area contributed by atoms with Crippen molar-refractivity contribution < 1.29 is 10.2 Å². The molecule has 0 aliphatic carbocycles. The molecule has 0 fully saturated rings.